The molecule has 3 nitrogen and oxygen atoms in total. The van der Waals surface area contributed by atoms with Crippen molar-refractivity contribution in [1.82, 2.24) is 4.90 Å². The fourth-order valence-electron chi connectivity index (χ4n) is 2.64. The summed E-state index contributed by atoms with van der Waals surface area (Å²) in [5.74, 6) is 0.251. The summed E-state index contributed by atoms with van der Waals surface area (Å²) in [4.78, 5) is 14.7. The van der Waals surface area contributed by atoms with E-state index in [1.54, 1.807) is 0 Å². The Kier molecular flexibility index (Phi) is 7.44. The molecule has 0 aliphatic heterocycles. The lowest BCUT2D eigenvalue weighted by Crippen LogP contribution is -2.50. The van der Waals surface area contributed by atoms with Crippen molar-refractivity contribution in [2.45, 2.75) is 66.3 Å². The maximum Gasteiger partial charge on any atom is 0.230 e. The van der Waals surface area contributed by atoms with E-state index >= 15 is 0 Å². The first-order valence-electron chi connectivity index (χ1n) is 7.00. The highest BCUT2D eigenvalue weighted by Gasteiger charge is 2.38. The van der Waals surface area contributed by atoms with E-state index in [1.165, 1.54) is 0 Å². The highest BCUT2D eigenvalue weighted by Crippen LogP contribution is 2.31. The minimum absolute atomic E-state index is 0.251. The standard InChI is InChI=1S/C14H30N2O/c1-6-9-14(11-15,10-7-2)13(17)16(8-3)12(4)5/h12H,6-11,15H2,1-5H3. The fourth-order valence-corrected chi connectivity index (χ4v) is 2.64. The van der Waals surface area contributed by atoms with Crippen LogP contribution in [-0.4, -0.2) is 29.9 Å². The number of carbonyl (C=O) groups is 1. The molecule has 0 bridgehead atoms. The summed E-state index contributed by atoms with van der Waals surface area (Å²) in [5, 5.41) is 0. The van der Waals surface area contributed by atoms with E-state index in [2.05, 4.69) is 27.7 Å². The Hall–Kier alpha value is -0.570. The van der Waals surface area contributed by atoms with Gasteiger partial charge in [0.15, 0.2) is 0 Å². The SMILES string of the molecule is CCCC(CN)(CCC)C(=O)N(CC)C(C)C. The molecule has 0 heterocycles. The van der Waals surface area contributed by atoms with Crippen LogP contribution in [0.3, 0.4) is 0 Å². The van der Waals surface area contributed by atoms with Crippen LogP contribution in [0.2, 0.25) is 0 Å². The van der Waals surface area contributed by atoms with Gasteiger partial charge in [-0.3, -0.25) is 4.79 Å². The van der Waals surface area contributed by atoms with Crippen LogP contribution in [0.15, 0.2) is 0 Å². The Bertz CT molecular complexity index is 220. The summed E-state index contributed by atoms with van der Waals surface area (Å²) < 4.78 is 0. The maximum atomic E-state index is 12.7. The third-order valence-electron chi connectivity index (χ3n) is 3.53. The molecule has 1 amide bonds. The van der Waals surface area contributed by atoms with Crippen LogP contribution in [0, 0.1) is 5.41 Å². The van der Waals surface area contributed by atoms with E-state index in [4.69, 9.17) is 5.73 Å². The monoisotopic (exact) mass is 242 g/mol. The molecule has 17 heavy (non-hydrogen) atoms. The molecule has 0 aliphatic rings. The Morgan fingerprint density at radius 2 is 1.65 bits per heavy atom. The minimum Gasteiger partial charge on any atom is -0.340 e. The van der Waals surface area contributed by atoms with Crippen molar-refractivity contribution >= 4 is 5.91 Å². The van der Waals surface area contributed by atoms with Crippen molar-refractivity contribution < 1.29 is 4.79 Å². The molecule has 0 saturated carbocycles. The van der Waals surface area contributed by atoms with Crippen LogP contribution in [0.1, 0.15) is 60.3 Å². The van der Waals surface area contributed by atoms with E-state index in [0.29, 0.717) is 6.54 Å². The fraction of sp³-hybridized carbons (Fsp3) is 0.929. The second kappa shape index (κ2) is 7.70. The zero-order valence-corrected chi connectivity index (χ0v) is 12.3. The molecule has 0 spiro atoms. The number of amides is 1. The maximum absolute atomic E-state index is 12.7. The number of carbonyl (C=O) groups excluding carboxylic acids is 1. The van der Waals surface area contributed by atoms with E-state index in [9.17, 15) is 4.79 Å². The van der Waals surface area contributed by atoms with Crippen LogP contribution in [0.4, 0.5) is 0 Å². The van der Waals surface area contributed by atoms with E-state index in [-0.39, 0.29) is 17.4 Å². The first-order chi connectivity index (χ1) is 7.98. The number of rotatable bonds is 8. The Morgan fingerprint density at radius 3 is 1.88 bits per heavy atom. The minimum atomic E-state index is -0.330. The number of hydrogen-bond donors (Lipinski definition) is 1. The topological polar surface area (TPSA) is 46.3 Å². The summed E-state index contributed by atoms with van der Waals surface area (Å²) >= 11 is 0. The van der Waals surface area contributed by atoms with E-state index < -0.39 is 0 Å². The van der Waals surface area contributed by atoms with Gasteiger partial charge >= 0.3 is 0 Å². The molecular formula is C14H30N2O. The predicted molar refractivity (Wildman–Crippen MR) is 73.8 cm³/mol. The molecule has 0 atom stereocenters. The average Bonchev–Trinajstić information content (AvgIpc) is 2.28. The summed E-state index contributed by atoms with van der Waals surface area (Å²) in [6.45, 7) is 11.7. The summed E-state index contributed by atoms with van der Waals surface area (Å²) in [6.07, 6.45) is 3.83. The zero-order chi connectivity index (χ0) is 13.5. The van der Waals surface area contributed by atoms with E-state index in [1.807, 2.05) is 11.8 Å². The molecule has 0 radical (unpaired) electrons. The third-order valence-corrected chi connectivity index (χ3v) is 3.53. The molecule has 0 saturated heterocycles. The third kappa shape index (κ3) is 3.98. The summed E-state index contributed by atoms with van der Waals surface area (Å²) in [6, 6.07) is 0.257. The van der Waals surface area contributed by atoms with Crippen molar-refractivity contribution in [3.63, 3.8) is 0 Å². The molecule has 0 unspecified atom stereocenters. The van der Waals surface area contributed by atoms with Gasteiger partial charge in [0.2, 0.25) is 5.91 Å². The van der Waals surface area contributed by atoms with Crippen LogP contribution < -0.4 is 5.73 Å². The van der Waals surface area contributed by atoms with Crippen molar-refractivity contribution in [1.29, 1.82) is 0 Å². The predicted octanol–water partition coefficient (Wildman–Crippen LogP) is 2.79. The van der Waals surface area contributed by atoms with Gasteiger partial charge in [-0.2, -0.15) is 0 Å². The molecule has 0 aliphatic carbocycles. The van der Waals surface area contributed by atoms with Crippen molar-refractivity contribution in [2.75, 3.05) is 13.1 Å². The van der Waals surface area contributed by atoms with E-state index in [0.717, 1.165) is 32.2 Å². The molecule has 3 heteroatoms. The first kappa shape index (κ1) is 16.4. The lowest BCUT2D eigenvalue weighted by atomic mass is 9.77. The molecule has 0 fully saturated rings. The summed E-state index contributed by atoms with van der Waals surface area (Å²) in [7, 11) is 0. The molecule has 2 N–H and O–H groups in total. The van der Waals surface area contributed by atoms with Gasteiger partial charge < -0.3 is 10.6 Å². The van der Waals surface area contributed by atoms with Crippen LogP contribution in [0.25, 0.3) is 0 Å². The Balaban J connectivity index is 5.06. The second-order valence-corrected chi connectivity index (χ2v) is 5.17. The highest BCUT2D eigenvalue weighted by atomic mass is 16.2. The zero-order valence-electron chi connectivity index (χ0n) is 12.3. The second-order valence-electron chi connectivity index (χ2n) is 5.17. The lowest BCUT2D eigenvalue weighted by Gasteiger charge is -2.38. The molecule has 0 aromatic heterocycles. The van der Waals surface area contributed by atoms with Crippen molar-refractivity contribution in [3.05, 3.63) is 0 Å². The van der Waals surface area contributed by atoms with Crippen LogP contribution in [-0.2, 0) is 4.79 Å². The largest absolute Gasteiger partial charge is 0.340 e. The van der Waals surface area contributed by atoms with Crippen LogP contribution in [0.5, 0.6) is 0 Å². The average molecular weight is 242 g/mol. The van der Waals surface area contributed by atoms with Gasteiger partial charge in [-0.15, -0.1) is 0 Å². The molecule has 0 aromatic carbocycles. The van der Waals surface area contributed by atoms with Gasteiger partial charge in [0.25, 0.3) is 0 Å². The smallest absolute Gasteiger partial charge is 0.230 e. The number of nitrogens with zero attached hydrogens (tertiary/aromatic N) is 1. The van der Waals surface area contributed by atoms with Crippen molar-refractivity contribution in [2.24, 2.45) is 11.1 Å². The normalized spacial score (nSPS) is 11.9. The number of hydrogen-bond acceptors (Lipinski definition) is 2. The lowest BCUT2D eigenvalue weighted by molar-refractivity contribution is -0.144. The van der Waals surface area contributed by atoms with Gasteiger partial charge in [-0.1, -0.05) is 26.7 Å². The van der Waals surface area contributed by atoms with Gasteiger partial charge in [-0.05, 0) is 33.6 Å². The first-order valence-corrected chi connectivity index (χ1v) is 7.00. The number of nitrogens with two attached hydrogens (primary N) is 1. The van der Waals surface area contributed by atoms with Gasteiger partial charge in [0.05, 0.1) is 5.41 Å². The quantitative estimate of drug-likeness (QED) is 0.711. The Morgan fingerprint density at radius 1 is 1.18 bits per heavy atom. The van der Waals surface area contributed by atoms with Gasteiger partial charge in [0, 0.05) is 19.1 Å². The molecule has 102 valence electrons. The van der Waals surface area contributed by atoms with Crippen molar-refractivity contribution in [3.8, 4) is 0 Å². The van der Waals surface area contributed by atoms with Gasteiger partial charge in [0.1, 0.15) is 0 Å². The molecule has 0 rings (SSSR count). The van der Waals surface area contributed by atoms with Gasteiger partial charge in [-0.25, -0.2) is 0 Å². The molecule has 0 aromatic rings. The highest BCUT2D eigenvalue weighted by molar-refractivity contribution is 5.83. The molecular weight excluding hydrogens is 212 g/mol. The van der Waals surface area contributed by atoms with Crippen LogP contribution >= 0.6 is 0 Å². The summed E-state index contributed by atoms with van der Waals surface area (Å²) in [5.41, 5.74) is 5.60. The Labute approximate surface area is 107 Å².